The number of carbonyl (C=O) groups is 1. The molecule has 0 bridgehead atoms. The molecule has 2 aromatic carbocycles. The van der Waals surface area contributed by atoms with Gasteiger partial charge in [-0.05, 0) is 23.3 Å². The Morgan fingerprint density at radius 3 is 2.09 bits per heavy atom. The average molecular weight is 650 g/mol. The molecule has 2 aliphatic rings. The van der Waals surface area contributed by atoms with E-state index in [1.165, 1.54) is 12.1 Å². The molecule has 0 aromatic heterocycles. The van der Waals surface area contributed by atoms with Crippen molar-refractivity contribution in [3.8, 4) is 5.75 Å². The van der Waals surface area contributed by atoms with Gasteiger partial charge in [-0.15, -0.1) is 0 Å². The molecule has 15 heteroatoms. The minimum atomic E-state index is -1.78. The van der Waals surface area contributed by atoms with E-state index in [0.717, 1.165) is 5.56 Å². The smallest absolute Gasteiger partial charge is 0.238 e. The summed E-state index contributed by atoms with van der Waals surface area (Å²) in [7, 11) is 0. The molecule has 10 N–H and O–H groups in total. The van der Waals surface area contributed by atoms with E-state index < -0.39 is 92.6 Å². The normalized spacial score (nSPS) is 33.4. The van der Waals surface area contributed by atoms with Crippen molar-refractivity contribution in [3.63, 3.8) is 0 Å². The van der Waals surface area contributed by atoms with Crippen LogP contribution in [0.1, 0.15) is 24.0 Å². The molecule has 4 rings (SSSR count). The monoisotopic (exact) mass is 649 g/mol. The Labute approximate surface area is 265 Å². The summed E-state index contributed by atoms with van der Waals surface area (Å²) in [6.07, 6.45) is -13.9. The van der Waals surface area contributed by atoms with Crippen molar-refractivity contribution >= 4 is 12.2 Å². The SMILES string of the molecule is CC(c1ccccc1)C(N)C(=O)NC([C]=O)Cc1ccc(OC2OC(CO)C(OC3OC(CO)C(O)C(O)C3O)C(O)C2O)cc1. The van der Waals surface area contributed by atoms with Crippen LogP contribution in [0.25, 0.3) is 0 Å². The van der Waals surface area contributed by atoms with E-state index in [0.29, 0.717) is 5.56 Å². The Hall–Kier alpha value is -3.06. The van der Waals surface area contributed by atoms with Crippen molar-refractivity contribution in [1.82, 2.24) is 5.32 Å². The summed E-state index contributed by atoms with van der Waals surface area (Å²) in [5.74, 6) is -0.598. The Kier molecular flexibility index (Phi) is 12.6. The largest absolute Gasteiger partial charge is 0.462 e. The van der Waals surface area contributed by atoms with Crippen molar-refractivity contribution in [1.29, 1.82) is 0 Å². The van der Waals surface area contributed by atoms with Gasteiger partial charge in [-0.2, -0.15) is 0 Å². The van der Waals surface area contributed by atoms with Crippen LogP contribution >= 0.6 is 0 Å². The van der Waals surface area contributed by atoms with Crippen LogP contribution in [0.15, 0.2) is 54.6 Å². The predicted octanol–water partition coefficient (Wildman–Crippen LogP) is -3.04. The highest BCUT2D eigenvalue weighted by atomic mass is 16.7. The summed E-state index contributed by atoms with van der Waals surface area (Å²) in [5, 5.41) is 73.7. The molecule has 13 atom stereocenters. The second-order valence-corrected chi connectivity index (χ2v) is 11.4. The first-order valence-corrected chi connectivity index (χ1v) is 14.8. The number of ether oxygens (including phenoxy) is 4. The number of rotatable bonds is 13. The van der Waals surface area contributed by atoms with Gasteiger partial charge in [-0.25, -0.2) is 0 Å². The molecule has 0 aliphatic carbocycles. The lowest BCUT2D eigenvalue weighted by atomic mass is 9.93. The minimum absolute atomic E-state index is 0.104. The van der Waals surface area contributed by atoms with E-state index in [1.54, 1.807) is 12.1 Å². The number of hydrogen-bond donors (Lipinski definition) is 9. The standard InChI is InChI=1S/C31H41N2O13/c1-15(17-5-3-2-4-6-17)22(32)29(42)33-18(12-34)11-16-7-9-19(10-8-16)43-30-27(41)25(39)28(21(14-36)45-30)46-31-26(40)24(38)23(37)20(13-35)44-31/h2-10,15,18,20-28,30-31,35-41H,11,13-14,32H2,1H3,(H,33,42). The van der Waals surface area contributed by atoms with E-state index in [1.807, 2.05) is 43.5 Å². The fourth-order valence-corrected chi connectivity index (χ4v) is 5.31. The molecule has 2 aromatic rings. The number of carbonyl (C=O) groups excluding carboxylic acids is 2. The third kappa shape index (κ3) is 8.26. The number of hydrogen-bond acceptors (Lipinski definition) is 14. The van der Waals surface area contributed by atoms with Gasteiger partial charge in [0.1, 0.15) is 54.6 Å². The highest BCUT2D eigenvalue weighted by molar-refractivity contribution is 5.85. The highest BCUT2D eigenvalue weighted by Gasteiger charge is 2.51. The molecule has 2 aliphatic heterocycles. The fourth-order valence-electron chi connectivity index (χ4n) is 5.31. The first-order valence-electron chi connectivity index (χ1n) is 14.8. The Morgan fingerprint density at radius 1 is 0.870 bits per heavy atom. The lowest BCUT2D eigenvalue weighted by Crippen LogP contribution is -2.65. The summed E-state index contributed by atoms with van der Waals surface area (Å²) in [4.78, 5) is 24.4. The van der Waals surface area contributed by atoms with Crippen molar-refractivity contribution in [3.05, 3.63) is 65.7 Å². The van der Waals surface area contributed by atoms with Gasteiger partial charge in [-0.3, -0.25) is 9.59 Å². The molecular formula is C31H41N2O13. The van der Waals surface area contributed by atoms with Gasteiger partial charge in [-0.1, -0.05) is 49.4 Å². The maximum atomic E-state index is 12.7. The maximum Gasteiger partial charge on any atom is 0.238 e. The second-order valence-electron chi connectivity index (χ2n) is 11.4. The molecule has 15 nitrogen and oxygen atoms in total. The topological polar surface area (TPSA) is 251 Å². The van der Waals surface area contributed by atoms with Gasteiger partial charge < -0.3 is 65.7 Å². The lowest BCUT2D eigenvalue weighted by Gasteiger charge is -2.45. The van der Waals surface area contributed by atoms with Gasteiger partial charge in [0.25, 0.3) is 0 Å². The summed E-state index contributed by atoms with van der Waals surface area (Å²) < 4.78 is 22.2. The van der Waals surface area contributed by atoms with Crippen LogP contribution in [0.3, 0.4) is 0 Å². The van der Waals surface area contributed by atoms with E-state index >= 15 is 0 Å². The van der Waals surface area contributed by atoms with Gasteiger partial charge in [0.05, 0.1) is 25.3 Å². The van der Waals surface area contributed by atoms with Crippen LogP contribution in [0.4, 0.5) is 0 Å². The predicted molar refractivity (Wildman–Crippen MR) is 158 cm³/mol. The van der Waals surface area contributed by atoms with Gasteiger partial charge in [0.15, 0.2) is 6.29 Å². The van der Waals surface area contributed by atoms with Gasteiger partial charge >= 0.3 is 0 Å². The number of nitrogens with one attached hydrogen (secondary N) is 1. The molecule has 253 valence electrons. The third-order valence-electron chi connectivity index (χ3n) is 8.20. The molecule has 13 unspecified atom stereocenters. The molecule has 0 spiro atoms. The van der Waals surface area contributed by atoms with E-state index in [2.05, 4.69) is 5.32 Å². The summed E-state index contributed by atoms with van der Waals surface area (Å²) in [6, 6.07) is 13.7. The first kappa shape index (κ1) is 35.8. The van der Waals surface area contributed by atoms with Crippen LogP contribution in [-0.4, -0.2) is 135 Å². The summed E-state index contributed by atoms with van der Waals surface area (Å²) in [5.41, 5.74) is 7.66. The summed E-state index contributed by atoms with van der Waals surface area (Å²) in [6.45, 7) is 0.397. The van der Waals surface area contributed by atoms with E-state index in [9.17, 15) is 45.3 Å². The minimum Gasteiger partial charge on any atom is -0.462 e. The van der Waals surface area contributed by atoms with Crippen LogP contribution < -0.4 is 15.8 Å². The van der Waals surface area contributed by atoms with Crippen LogP contribution in [0.5, 0.6) is 5.75 Å². The Bertz CT molecular complexity index is 1250. The van der Waals surface area contributed by atoms with Crippen molar-refractivity contribution in [2.24, 2.45) is 5.73 Å². The Morgan fingerprint density at radius 2 is 1.48 bits per heavy atom. The molecule has 46 heavy (non-hydrogen) atoms. The zero-order valence-corrected chi connectivity index (χ0v) is 25.0. The average Bonchev–Trinajstić information content (AvgIpc) is 3.08. The second kappa shape index (κ2) is 16.2. The molecule has 2 fully saturated rings. The molecule has 1 radical (unpaired) electrons. The lowest BCUT2D eigenvalue weighted by molar-refractivity contribution is -0.352. The van der Waals surface area contributed by atoms with E-state index in [4.69, 9.17) is 24.7 Å². The number of nitrogens with two attached hydrogens (primary N) is 1. The maximum absolute atomic E-state index is 12.7. The van der Waals surface area contributed by atoms with Crippen LogP contribution in [-0.2, 0) is 30.2 Å². The molecular weight excluding hydrogens is 608 g/mol. The zero-order valence-electron chi connectivity index (χ0n) is 25.0. The fraction of sp³-hybridized carbons (Fsp3) is 0.548. The number of aliphatic hydroxyl groups is 7. The Balaban J connectivity index is 1.33. The van der Waals surface area contributed by atoms with E-state index in [-0.39, 0.29) is 18.1 Å². The van der Waals surface area contributed by atoms with Crippen molar-refractivity contribution < 1.29 is 64.3 Å². The number of aliphatic hydroxyl groups excluding tert-OH is 7. The molecule has 1 amide bonds. The quantitative estimate of drug-likeness (QED) is 0.105. The molecule has 0 saturated carbocycles. The van der Waals surface area contributed by atoms with Crippen LogP contribution in [0, 0.1) is 0 Å². The molecule has 2 saturated heterocycles. The van der Waals surface area contributed by atoms with Crippen molar-refractivity contribution in [2.45, 2.75) is 92.8 Å². The van der Waals surface area contributed by atoms with Gasteiger partial charge in [0, 0.05) is 12.3 Å². The number of benzene rings is 2. The van der Waals surface area contributed by atoms with Gasteiger partial charge in [0.2, 0.25) is 18.5 Å². The number of amides is 1. The summed E-state index contributed by atoms with van der Waals surface area (Å²) >= 11 is 0. The van der Waals surface area contributed by atoms with Crippen LogP contribution in [0.2, 0.25) is 0 Å². The molecule has 2 heterocycles. The van der Waals surface area contributed by atoms with Crippen molar-refractivity contribution in [2.75, 3.05) is 13.2 Å². The zero-order chi connectivity index (χ0) is 33.5. The first-order chi connectivity index (χ1) is 22.0. The third-order valence-corrected chi connectivity index (χ3v) is 8.20. The highest BCUT2D eigenvalue weighted by Crippen LogP contribution is 2.30.